The molecule has 1 N–H and O–H groups in total. The highest BCUT2D eigenvalue weighted by Crippen LogP contribution is 2.47. The van der Waals surface area contributed by atoms with Gasteiger partial charge in [0.2, 0.25) is 0 Å². The van der Waals surface area contributed by atoms with Crippen LogP contribution in [0.5, 0.6) is 0 Å². The maximum atomic E-state index is 12.6. The third kappa shape index (κ3) is 3.37. The van der Waals surface area contributed by atoms with Crippen LogP contribution in [-0.4, -0.2) is 42.6 Å². The van der Waals surface area contributed by atoms with Crippen LogP contribution in [0.1, 0.15) is 14.6 Å². The molecule has 1 aliphatic rings. The van der Waals surface area contributed by atoms with E-state index < -0.39 is 33.0 Å². The van der Waals surface area contributed by atoms with Crippen molar-refractivity contribution in [3.8, 4) is 0 Å². The summed E-state index contributed by atoms with van der Waals surface area (Å²) >= 11 is 10.9. The Morgan fingerprint density at radius 2 is 2.50 bits per heavy atom. The molecule has 84 valence electrons. The third-order valence-corrected chi connectivity index (χ3v) is 3.76. The average molecular weight is 267 g/mol. The number of halogens is 2. The van der Waals surface area contributed by atoms with E-state index in [1.54, 1.807) is 0 Å². The first-order chi connectivity index (χ1) is 8.86. The van der Waals surface area contributed by atoms with E-state index in [9.17, 15) is 4.57 Å². The van der Waals surface area contributed by atoms with E-state index in [4.69, 9.17) is 36.0 Å². The zero-order chi connectivity index (χ0) is 15.8. The molecular formula is C7H15Cl2N2O2P. The van der Waals surface area contributed by atoms with Crippen LogP contribution in [0, 0.1) is 0 Å². The number of hydrogen-bond acceptors (Lipinski definition) is 2. The molecule has 1 fully saturated rings. The molecule has 1 aliphatic heterocycles. The Hall–Kier alpha value is 0.690. The highest BCUT2D eigenvalue weighted by molar-refractivity contribution is 7.54. The summed E-state index contributed by atoms with van der Waals surface area (Å²) in [6, 6.07) is 0. The Morgan fingerprint density at radius 1 is 1.71 bits per heavy atom. The van der Waals surface area contributed by atoms with Gasteiger partial charge in [-0.05, 0) is 6.37 Å². The minimum Gasteiger partial charge on any atom is -0.306 e. The SMILES string of the molecule is [2H]C1([2H])CNP(=O)(N(CCCl)C([2H])([2H])C([2H])([2H])Cl)OC1. The van der Waals surface area contributed by atoms with Crippen LogP contribution in [0.15, 0.2) is 0 Å². The molecule has 7 heteroatoms. The summed E-state index contributed by atoms with van der Waals surface area (Å²) < 4.78 is 63.2. The normalized spacial score (nSPS) is 40.2. The van der Waals surface area contributed by atoms with Gasteiger partial charge >= 0.3 is 7.67 Å². The van der Waals surface area contributed by atoms with Gasteiger partial charge in [-0.2, -0.15) is 0 Å². The summed E-state index contributed by atoms with van der Waals surface area (Å²) in [6.07, 6.45) is -1.74. The smallest absolute Gasteiger partial charge is 0.306 e. The summed E-state index contributed by atoms with van der Waals surface area (Å²) in [4.78, 5) is 0. The molecule has 0 aliphatic carbocycles. The molecule has 1 rings (SSSR count). The molecule has 0 amide bonds. The van der Waals surface area contributed by atoms with E-state index in [0.29, 0.717) is 4.67 Å². The summed E-state index contributed by atoms with van der Waals surface area (Å²) in [6.45, 7) is -3.92. The van der Waals surface area contributed by atoms with Crippen LogP contribution in [-0.2, 0) is 9.09 Å². The number of hydrogen-bond donors (Lipinski definition) is 1. The Bertz CT molecular complexity index is 393. The minimum atomic E-state index is -3.98. The van der Waals surface area contributed by atoms with Crippen molar-refractivity contribution in [3.05, 3.63) is 0 Å². The predicted octanol–water partition coefficient (Wildman–Crippen LogP) is 1.88. The summed E-state index contributed by atoms with van der Waals surface area (Å²) in [7, 11) is -3.98. The first kappa shape index (κ1) is 6.43. The van der Waals surface area contributed by atoms with Gasteiger partial charge in [0.05, 0.1) is 6.61 Å². The van der Waals surface area contributed by atoms with E-state index in [2.05, 4.69) is 5.09 Å². The van der Waals surface area contributed by atoms with E-state index in [-0.39, 0.29) is 19.0 Å². The van der Waals surface area contributed by atoms with Crippen molar-refractivity contribution in [3.63, 3.8) is 0 Å². The second-order valence-electron chi connectivity index (χ2n) is 2.40. The predicted molar refractivity (Wildman–Crippen MR) is 59.2 cm³/mol. The fraction of sp³-hybridized carbons (Fsp3) is 1.00. The van der Waals surface area contributed by atoms with Crippen molar-refractivity contribution in [2.45, 2.75) is 6.37 Å². The highest BCUT2D eigenvalue weighted by atomic mass is 35.5. The first-order valence-corrected chi connectivity index (χ1v) is 6.37. The fourth-order valence-corrected chi connectivity index (χ4v) is 2.89. The molecule has 0 aromatic carbocycles. The van der Waals surface area contributed by atoms with Gasteiger partial charge in [-0.3, -0.25) is 4.57 Å². The molecule has 0 spiro atoms. The molecule has 1 saturated heterocycles. The zero-order valence-electron chi connectivity index (χ0n) is 13.3. The van der Waals surface area contributed by atoms with Crippen LogP contribution in [0.3, 0.4) is 0 Å². The van der Waals surface area contributed by atoms with Gasteiger partial charge in [-0.25, -0.2) is 9.76 Å². The maximum absolute atomic E-state index is 12.6. The van der Waals surface area contributed by atoms with Crippen LogP contribution in [0.2, 0.25) is 0 Å². The van der Waals surface area contributed by atoms with Crippen molar-refractivity contribution in [2.75, 3.05) is 37.9 Å². The van der Waals surface area contributed by atoms with Crippen molar-refractivity contribution in [1.29, 1.82) is 0 Å². The average Bonchev–Trinajstić information content (AvgIpc) is 2.29. The van der Waals surface area contributed by atoms with Crippen molar-refractivity contribution in [1.82, 2.24) is 9.76 Å². The number of nitrogens with zero attached hydrogens (tertiary/aromatic N) is 1. The standard InChI is InChI=1S/C7H15Cl2N2O2P/c8-2-5-11(6-3-9)14(12)10-4-1-7-13-14/h1-7H2,(H,10,12)/i1D2,2D2,5D2. The second-order valence-corrected chi connectivity index (χ2v) is 5.06. The lowest BCUT2D eigenvalue weighted by atomic mass is 10.5. The van der Waals surface area contributed by atoms with Crippen LogP contribution >= 0.6 is 30.9 Å². The highest BCUT2D eigenvalue weighted by Gasteiger charge is 2.32. The van der Waals surface area contributed by atoms with E-state index >= 15 is 0 Å². The quantitative estimate of drug-likeness (QED) is 0.610. The Balaban J connectivity index is 3.06. The summed E-state index contributed by atoms with van der Waals surface area (Å²) in [5, 5.41) is 2.31. The van der Waals surface area contributed by atoms with E-state index in [0.717, 1.165) is 0 Å². The summed E-state index contributed by atoms with van der Waals surface area (Å²) in [5.41, 5.74) is 0. The van der Waals surface area contributed by atoms with Crippen LogP contribution < -0.4 is 5.09 Å². The van der Waals surface area contributed by atoms with Crippen molar-refractivity contribution >= 4 is 30.9 Å². The topological polar surface area (TPSA) is 41.6 Å². The monoisotopic (exact) mass is 266 g/mol. The maximum Gasteiger partial charge on any atom is 0.343 e. The Kier molecular flexibility index (Phi) is 2.90. The molecular weight excluding hydrogens is 246 g/mol. The summed E-state index contributed by atoms with van der Waals surface area (Å²) in [5.74, 6) is -2.97. The molecule has 1 heterocycles. The van der Waals surface area contributed by atoms with Gasteiger partial charge in [0.25, 0.3) is 0 Å². The Labute approximate surface area is 103 Å². The van der Waals surface area contributed by atoms with Gasteiger partial charge in [-0.1, -0.05) is 0 Å². The lowest BCUT2D eigenvalue weighted by Gasteiger charge is -2.33. The molecule has 1 unspecified atom stereocenters. The number of rotatable bonds is 5. The first-order valence-electron chi connectivity index (χ1n) is 6.88. The number of alkyl halides is 2. The molecule has 0 aromatic heterocycles. The van der Waals surface area contributed by atoms with Gasteiger partial charge < -0.3 is 4.52 Å². The largest absolute Gasteiger partial charge is 0.343 e. The van der Waals surface area contributed by atoms with Crippen LogP contribution in [0.4, 0.5) is 0 Å². The molecule has 0 radical (unpaired) electrons. The lowest BCUT2D eigenvalue weighted by molar-refractivity contribution is 0.233. The molecule has 4 nitrogen and oxygen atoms in total. The second kappa shape index (κ2) is 6.31. The van der Waals surface area contributed by atoms with E-state index in [1.165, 1.54) is 0 Å². The Morgan fingerprint density at radius 3 is 3.00 bits per heavy atom. The minimum absolute atomic E-state index is 0.131. The fourth-order valence-electron chi connectivity index (χ4n) is 0.923. The molecule has 1 atom stereocenters. The van der Waals surface area contributed by atoms with Gasteiger partial charge in [-0.15, -0.1) is 23.2 Å². The molecule has 0 saturated carbocycles. The van der Waals surface area contributed by atoms with Crippen molar-refractivity contribution in [2.24, 2.45) is 0 Å². The lowest BCUT2D eigenvalue weighted by Crippen LogP contribution is -2.35. The van der Waals surface area contributed by atoms with Gasteiger partial charge in [0, 0.05) is 39.5 Å². The number of nitrogens with one attached hydrogen (secondary N) is 1. The molecule has 0 bridgehead atoms. The van der Waals surface area contributed by atoms with Crippen LogP contribution in [0.25, 0.3) is 0 Å². The van der Waals surface area contributed by atoms with E-state index in [1.807, 2.05) is 0 Å². The molecule has 0 aromatic rings. The third-order valence-electron chi connectivity index (χ3n) is 1.53. The van der Waals surface area contributed by atoms with Gasteiger partial charge in [0.1, 0.15) is 0 Å². The van der Waals surface area contributed by atoms with Crippen molar-refractivity contribution < 1.29 is 17.3 Å². The van der Waals surface area contributed by atoms with Gasteiger partial charge in [0.15, 0.2) is 0 Å². The zero-order valence-corrected chi connectivity index (χ0v) is 9.70. The molecule has 14 heavy (non-hydrogen) atoms.